The van der Waals surface area contributed by atoms with E-state index in [9.17, 15) is 14.7 Å². The fourth-order valence-corrected chi connectivity index (χ4v) is 2.10. The maximum atomic E-state index is 12.1. The van der Waals surface area contributed by atoms with E-state index in [0.29, 0.717) is 15.7 Å². The predicted octanol–water partition coefficient (Wildman–Crippen LogP) is 3.41. The van der Waals surface area contributed by atoms with Crippen molar-refractivity contribution in [3.8, 4) is 5.75 Å². The average molecular weight is 350 g/mol. The third-order valence-electron chi connectivity index (χ3n) is 3.02. The number of carbonyl (C=O) groups excluding carboxylic acids is 1. The van der Waals surface area contributed by atoms with Crippen LogP contribution in [0.2, 0.25) is 0 Å². The summed E-state index contributed by atoms with van der Waals surface area (Å²) in [5.41, 5.74) is 1.30. The van der Waals surface area contributed by atoms with Crippen molar-refractivity contribution in [1.29, 1.82) is 0 Å². The Morgan fingerprint density at radius 1 is 1.19 bits per heavy atom. The van der Waals surface area contributed by atoms with Crippen molar-refractivity contribution >= 4 is 33.5 Å². The van der Waals surface area contributed by atoms with Gasteiger partial charge in [-0.1, -0.05) is 6.07 Å². The maximum Gasteiger partial charge on any atom is 0.336 e. The van der Waals surface area contributed by atoms with Crippen LogP contribution in [0.4, 0.5) is 5.69 Å². The number of nitrogens with one attached hydrogen (secondary N) is 1. The average Bonchev–Trinajstić information content (AvgIpc) is 2.43. The highest BCUT2D eigenvalue weighted by Gasteiger charge is 2.13. The third-order valence-corrected chi connectivity index (χ3v) is 3.69. The van der Waals surface area contributed by atoms with Gasteiger partial charge >= 0.3 is 5.97 Å². The van der Waals surface area contributed by atoms with Gasteiger partial charge in [-0.25, -0.2) is 4.79 Å². The Kier molecular flexibility index (Phi) is 4.28. The molecule has 0 spiro atoms. The van der Waals surface area contributed by atoms with Gasteiger partial charge in [-0.15, -0.1) is 0 Å². The number of phenolic OH excluding ortho intramolecular Hbond substituents is 1. The van der Waals surface area contributed by atoms with E-state index in [0.717, 1.165) is 0 Å². The van der Waals surface area contributed by atoms with Gasteiger partial charge in [0.25, 0.3) is 5.91 Å². The molecule has 0 radical (unpaired) electrons. The van der Waals surface area contributed by atoms with E-state index in [4.69, 9.17) is 5.11 Å². The Labute approximate surface area is 129 Å². The van der Waals surface area contributed by atoms with Gasteiger partial charge in [0.1, 0.15) is 5.75 Å². The molecule has 2 aromatic carbocycles. The summed E-state index contributed by atoms with van der Waals surface area (Å²) in [6.45, 7) is 1.62. The summed E-state index contributed by atoms with van der Waals surface area (Å²) in [6.07, 6.45) is 0. The Bertz CT molecular complexity index is 728. The largest absolute Gasteiger partial charge is 0.507 e. The topological polar surface area (TPSA) is 86.6 Å². The molecule has 1 amide bonds. The number of aromatic hydroxyl groups is 1. The molecular formula is C15H12BrNO4. The number of hydrogen-bond donors (Lipinski definition) is 3. The minimum atomic E-state index is -1.05. The van der Waals surface area contributed by atoms with E-state index in [1.54, 1.807) is 31.2 Å². The van der Waals surface area contributed by atoms with E-state index in [1.165, 1.54) is 12.1 Å². The number of phenols is 1. The van der Waals surface area contributed by atoms with E-state index in [-0.39, 0.29) is 16.9 Å². The molecule has 108 valence electrons. The standard InChI is InChI=1S/C15H12BrNO4/c1-8-10(15(20)21)3-2-4-12(8)17-14(19)9-5-6-11(16)13(18)7-9/h2-7,18H,1H3,(H,17,19)(H,20,21). The van der Waals surface area contributed by atoms with Crippen LogP contribution < -0.4 is 5.32 Å². The summed E-state index contributed by atoms with van der Waals surface area (Å²) in [6, 6.07) is 9.10. The Hall–Kier alpha value is -2.34. The zero-order chi connectivity index (χ0) is 15.6. The second-order valence-corrected chi connectivity index (χ2v) is 5.26. The highest BCUT2D eigenvalue weighted by Crippen LogP contribution is 2.25. The van der Waals surface area contributed by atoms with Gasteiger partial charge in [0.2, 0.25) is 0 Å². The molecule has 3 N–H and O–H groups in total. The van der Waals surface area contributed by atoms with Crippen molar-refractivity contribution in [2.75, 3.05) is 5.32 Å². The summed E-state index contributed by atoms with van der Waals surface area (Å²) in [7, 11) is 0. The zero-order valence-corrected chi connectivity index (χ0v) is 12.6. The number of amides is 1. The Balaban J connectivity index is 2.29. The van der Waals surface area contributed by atoms with Gasteiger partial charge in [-0.3, -0.25) is 4.79 Å². The fraction of sp³-hybridized carbons (Fsp3) is 0.0667. The van der Waals surface area contributed by atoms with Crippen molar-refractivity contribution in [2.24, 2.45) is 0 Å². The van der Waals surface area contributed by atoms with Crippen molar-refractivity contribution in [1.82, 2.24) is 0 Å². The molecule has 2 rings (SSSR count). The monoisotopic (exact) mass is 349 g/mol. The van der Waals surface area contributed by atoms with Crippen LogP contribution in [0.3, 0.4) is 0 Å². The number of carboxylic acids is 1. The number of rotatable bonds is 3. The van der Waals surface area contributed by atoms with E-state index in [1.807, 2.05) is 0 Å². The van der Waals surface area contributed by atoms with Crippen LogP contribution in [0.5, 0.6) is 5.75 Å². The molecular weight excluding hydrogens is 338 g/mol. The molecule has 0 bridgehead atoms. The van der Waals surface area contributed by atoms with Gasteiger partial charge < -0.3 is 15.5 Å². The highest BCUT2D eigenvalue weighted by molar-refractivity contribution is 9.10. The highest BCUT2D eigenvalue weighted by atomic mass is 79.9. The first-order valence-electron chi connectivity index (χ1n) is 6.03. The number of aromatic carboxylic acids is 1. The van der Waals surface area contributed by atoms with Crippen LogP contribution in [0, 0.1) is 6.92 Å². The molecule has 0 unspecified atom stereocenters. The summed E-state index contributed by atoms with van der Waals surface area (Å²) in [5, 5.41) is 21.3. The molecule has 0 aliphatic heterocycles. The first-order chi connectivity index (χ1) is 9.90. The minimum absolute atomic E-state index is 0.0429. The molecule has 2 aromatic rings. The fourth-order valence-electron chi connectivity index (χ4n) is 1.85. The molecule has 0 aliphatic rings. The molecule has 0 aromatic heterocycles. The molecule has 0 heterocycles. The SMILES string of the molecule is Cc1c(NC(=O)c2ccc(Br)c(O)c2)cccc1C(=O)O. The number of carboxylic acid groups (broad SMARTS) is 1. The number of hydrogen-bond acceptors (Lipinski definition) is 3. The number of benzene rings is 2. The lowest BCUT2D eigenvalue weighted by Crippen LogP contribution is -2.14. The van der Waals surface area contributed by atoms with Gasteiger partial charge in [-0.2, -0.15) is 0 Å². The van der Waals surface area contributed by atoms with Crippen molar-refractivity contribution in [3.05, 3.63) is 57.6 Å². The second kappa shape index (κ2) is 5.97. The van der Waals surface area contributed by atoms with Crippen LogP contribution in [0.15, 0.2) is 40.9 Å². The normalized spacial score (nSPS) is 10.2. The van der Waals surface area contributed by atoms with Crippen LogP contribution in [-0.4, -0.2) is 22.1 Å². The molecule has 21 heavy (non-hydrogen) atoms. The molecule has 0 fully saturated rings. The number of halogens is 1. The minimum Gasteiger partial charge on any atom is -0.507 e. The van der Waals surface area contributed by atoms with Crippen molar-refractivity contribution < 1.29 is 19.8 Å². The van der Waals surface area contributed by atoms with Crippen LogP contribution in [0.1, 0.15) is 26.3 Å². The summed E-state index contributed by atoms with van der Waals surface area (Å²) >= 11 is 3.14. The van der Waals surface area contributed by atoms with Gasteiger partial charge in [-0.05, 0) is 58.7 Å². The second-order valence-electron chi connectivity index (χ2n) is 4.40. The number of carbonyl (C=O) groups is 2. The summed E-state index contributed by atoms with van der Waals surface area (Å²) in [4.78, 5) is 23.2. The first-order valence-corrected chi connectivity index (χ1v) is 6.82. The van der Waals surface area contributed by atoms with Crippen LogP contribution in [0.25, 0.3) is 0 Å². The Morgan fingerprint density at radius 3 is 2.52 bits per heavy atom. The van der Waals surface area contributed by atoms with E-state index >= 15 is 0 Å². The van der Waals surface area contributed by atoms with Gasteiger partial charge in [0.15, 0.2) is 0 Å². The molecule has 0 aliphatic carbocycles. The lowest BCUT2D eigenvalue weighted by molar-refractivity contribution is 0.0695. The third kappa shape index (κ3) is 3.22. The zero-order valence-electron chi connectivity index (χ0n) is 11.1. The Morgan fingerprint density at radius 2 is 1.90 bits per heavy atom. The molecule has 0 atom stereocenters. The maximum absolute atomic E-state index is 12.1. The van der Waals surface area contributed by atoms with Crippen molar-refractivity contribution in [3.63, 3.8) is 0 Å². The van der Waals surface area contributed by atoms with E-state index in [2.05, 4.69) is 21.2 Å². The van der Waals surface area contributed by atoms with Gasteiger partial charge in [0.05, 0.1) is 10.0 Å². The lowest BCUT2D eigenvalue weighted by Gasteiger charge is -2.10. The van der Waals surface area contributed by atoms with Gasteiger partial charge in [0, 0.05) is 11.3 Å². The lowest BCUT2D eigenvalue weighted by atomic mass is 10.1. The smallest absolute Gasteiger partial charge is 0.336 e. The number of anilines is 1. The molecule has 6 heteroatoms. The summed E-state index contributed by atoms with van der Waals surface area (Å²) in [5.74, 6) is -1.52. The quantitative estimate of drug-likeness (QED) is 0.792. The summed E-state index contributed by atoms with van der Waals surface area (Å²) < 4.78 is 0.489. The van der Waals surface area contributed by atoms with Crippen LogP contribution >= 0.6 is 15.9 Å². The van der Waals surface area contributed by atoms with E-state index < -0.39 is 11.9 Å². The first kappa shape index (κ1) is 15.1. The predicted molar refractivity (Wildman–Crippen MR) is 81.9 cm³/mol. The molecule has 0 saturated heterocycles. The van der Waals surface area contributed by atoms with Crippen molar-refractivity contribution in [2.45, 2.75) is 6.92 Å². The molecule has 5 nitrogen and oxygen atoms in total. The molecule has 0 saturated carbocycles. The van der Waals surface area contributed by atoms with Crippen LogP contribution in [-0.2, 0) is 0 Å².